The highest BCUT2D eigenvalue weighted by Gasteiger charge is 2.20. The number of nitrogens with zero attached hydrogens (tertiary/aromatic N) is 1. The molecule has 0 aliphatic heterocycles. The molecule has 0 bridgehead atoms. The highest BCUT2D eigenvalue weighted by atomic mass is 16.6. The Balaban J connectivity index is 2.33. The van der Waals surface area contributed by atoms with E-state index in [1.165, 1.54) is 0 Å². The monoisotopic (exact) mass is 328 g/mol. The van der Waals surface area contributed by atoms with E-state index in [0.29, 0.717) is 19.1 Å². The second kappa shape index (κ2) is 9.60. The maximum absolute atomic E-state index is 11.5. The van der Waals surface area contributed by atoms with E-state index in [2.05, 4.69) is 20.9 Å². The number of guanidine groups is 1. The van der Waals surface area contributed by atoms with Crippen molar-refractivity contribution in [1.29, 1.82) is 0 Å². The van der Waals surface area contributed by atoms with Crippen molar-refractivity contribution in [3.05, 3.63) is 0 Å². The molecule has 1 aliphatic carbocycles. The molecule has 0 radical (unpaired) electrons. The van der Waals surface area contributed by atoms with E-state index in [1.54, 1.807) is 0 Å². The number of hydrogen-bond acceptors (Lipinski definition) is 4. The third-order valence-electron chi connectivity index (χ3n) is 3.43. The van der Waals surface area contributed by atoms with Gasteiger partial charge in [0.25, 0.3) is 0 Å². The number of amides is 1. The molecule has 0 aromatic heterocycles. The van der Waals surface area contributed by atoms with Crippen LogP contribution in [-0.4, -0.2) is 54.5 Å². The topological polar surface area (TPSA) is 95.0 Å². The van der Waals surface area contributed by atoms with Crippen LogP contribution in [0.4, 0.5) is 4.79 Å². The molecule has 1 amide bonds. The van der Waals surface area contributed by atoms with E-state index < -0.39 is 11.7 Å². The van der Waals surface area contributed by atoms with Gasteiger partial charge in [-0.3, -0.25) is 4.99 Å². The fourth-order valence-corrected chi connectivity index (χ4v) is 2.37. The first-order valence-electron chi connectivity index (χ1n) is 8.50. The second-order valence-corrected chi connectivity index (χ2v) is 6.84. The van der Waals surface area contributed by atoms with E-state index in [0.717, 1.165) is 38.2 Å². The lowest BCUT2D eigenvalue weighted by Gasteiger charge is -2.27. The molecular formula is C16H32N4O3. The number of carbonyl (C=O) groups excluding carboxylic acids is 1. The maximum Gasteiger partial charge on any atom is 0.407 e. The molecular weight excluding hydrogens is 296 g/mol. The average Bonchev–Trinajstić information content (AvgIpc) is 2.44. The van der Waals surface area contributed by atoms with Crippen molar-refractivity contribution in [3.63, 3.8) is 0 Å². The molecule has 1 saturated carbocycles. The van der Waals surface area contributed by atoms with Gasteiger partial charge in [-0.1, -0.05) is 0 Å². The smallest absolute Gasteiger partial charge is 0.407 e. The summed E-state index contributed by atoms with van der Waals surface area (Å²) in [6.45, 7) is 9.19. The highest BCUT2D eigenvalue weighted by Crippen LogP contribution is 2.18. The Labute approximate surface area is 139 Å². The SMILES string of the molecule is CCNC(=NCCNC(=O)OC(C)(C)C)NC1CCC(O)CC1. The van der Waals surface area contributed by atoms with Crippen LogP contribution in [0, 0.1) is 0 Å². The molecule has 134 valence electrons. The minimum absolute atomic E-state index is 0.161. The second-order valence-electron chi connectivity index (χ2n) is 6.84. The number of nitrogens with one attached hydrogen (secondary N) is 3. The summed E-state index contributed by atoms with van der Waals surface area (Å²) in [7, 11) is 0. The number of aliphatic imine (C=N–C) groups is 1. The fourth-order valence-electron chi connectivity index (χ4n) is 2.37. The minimum Gasteiger partial charge on any atom is -0.444 e. The van der Waals surface area contributed by atoms with Gasteiger partial charge in [-0.2, -0.15) is 0 Å². The number of ether oxygens (including phenoxy) is 1. The number of alkyl carbamates (subject to hydrolysis) is 1. The average molecular weight is 328 g/mol. The van der Waals surface area contributed by atoms with Crippen molar-refractivity contribution < 1.29 is 14.6 Å². The van der Waals surface area contributed by atoms with Crippen LogP contribution in [0.3, 0.4) is 0 Å². The molecule has 0 aromatic carbocycles. The van der Waals surface area contributed by atoms with Gasteiger partial charge in [0.1, 0.15) is 5.60 Å². The summed E-state index contributed by atoms with van der Waals surface area (Å²) in [5.74, 6) is 0.750. The van der Waals surface area contributed by atoms with Gasteiger partial charge in [-0.05, 0) is 53.4 Å². The van der Waals surface area contributed by atoms with Crippen LogP contribution >= 0.6 is 0 Å². The zero-order valence-electron chi connectivity index (χ0n) is 14.8. The van der Waals surface area contributed by atoms with Crippen LogP contribution in [0.15, 0.2) is 4.99 Å². The quantitative estimate of drug-likeness (QED) is 0.347. The number of rotatable bonds is 5. The van der Waals surface area contributed by atoms with E-state index in [-0.39, 0.29) is 6.10 Å². The van der Waals surface area contributed by atoms with E-state index >= 15 is 0 Å². The number of aliphatic hydroxyl groups is 1. The molecule has 7 heteroatoms. The Morgan fingerprint density at radius 2 is 1.87 bits per heavy atom. The Morgan fingerprint density at radius 3 is 2.43 bits per heavy atom. The van der Waals surface area contributed by atoms with Gasteiger partial charge in [0, 0.05) is 19.1 Å². The van der Waals surface area contributed by atoms with Gasteiger partial charge >= 0.3 is 6.09 Å². The molecule has 7 nitrogen and oxygen atoms in total. The van der Waals surface area contributed by atoms with E-state index in [4.69, 9.17) is 4.74 Å². The predicted molar refractivity (Wildman–Crippen MR) is 91.6 cm³/mol. The zero-order valence-corrected chi connectivity index (χ0v) is 14.8. The fraction of sp³-hybridized carbons (Fsp3) is 0.875. The van der Waals surface area contributed by atoms with Crippen molar-refractivity contribution in [2.45, 2.75) is 71.1 Å². The Hall–Kier alpha value is -1.50. The van der Waals surface area contributed by atoms with E-state index in [1.807, 2.05) is 27.7 Å². The summed E-state index contributed by atoms with van der Waals surface area (Å²) in [6, 6.07) is 0.343. The summed E-state index contributed by atoms with van der Waals surface area (Å²) >= 11 is 0. The van der Waals surface area contributed by atoms with Crippen LogP contribution in [0.25, 0.3) is 0 Å². The van der Waals surface area contributed by atoms with Gasteiger partial charge in [0.15, 0.2) is 5.96 Å². The predicted octanol–water partition coefficient (Wildman–Crippen LogP) is 1.37. The molecule has 0 heterocycles. The molecule has 1 fully saturated rings. The number of carbonyl (C=O) groups is 1. The Bertz CT molecular complexity index is 385. The summed E-state index contributed by atoms with van der Waals surface area (Å²) in [6.07, 6.45) is 2.97. The standard InChI is InChI=1S/C16H32N4O3/c1-5-17-14(20-12-6-8-13(21)9-7-12)18-10-11-19-15(22)23-16(2,3)4/h12-13,21H,5-11H2,1-4H3,(H,19,22)(H2,17,18,20). The molecule has 0 atom stereocenters. The first-order chi connectivity index (χ1) is 10.8. The largest absolute Gasteiger partial charge is 0.444 e. The Morgan fingerprint density at radius 1 is 1.22 bits per heavy atom. The minimum atomic E-state index is -0.491. The van der Waals surface area contributed by atoms with Crippen LogP contribution in [0.5, 0.6) is 0 Å². The molecule has 0 spiro atoms. The van der Waals surface area contributed by atoms with Gasteiger partial charge < -0.3 is 25.8 Å². The van der Waals surface area contributed by atoms with Crippen LogP contribution in [0.2, 0.25) is 0 Å². The summed E-state index contributed by atoms with van der Waals surface area (Å²) in [5, 5.41) is 18.8. The first-order valence-corrected chi connectivity index (χ1v) is 8.50. The van der Waals surface area contributed by atoms with Gasteiger partial charge in [0.2, 0.25) is 0 Å². The molecule has 23 heavy (non-hydrogen) atoms. The number of hydrogen-bond donors (Lipinski definition) is 4. The lowest BCUT2D eigenvalue weighted by molar-refractivity contribution is 0.0529. The lowest BCUT2D eigenvalue weighted by Crippen LogP contribution is -2.45. The summed E-state index contributed by atoms with van der Waals surface area (Å²) in [5.41, 5.74) is -0.491. The lowest BCUT2D eigenvalue weighted by atomic mass is 9.93. The van der Waals surface area contributed by atoms with Crippen molar-refractivity contribution in [2.24, 2.45) is 4.99 Å². The summed E-state index contributed by atoms with van der Waals surface area (Å²) < 4.78 is 5.17. The summed E-state index contributed by atoms with van der Waals surface area (Å²) in [4.78, 5) is 16.0. The third-order valence-corrected chi connectivity index (χ3v) is 3.43. The zero-order chi connectivity index (χ0) is 17.3. The van der Waals surface area contributed by atoms with Gasteiger partial charge in [-0.25, -0.2) is 4.79 Å². The molecule has 1 aliphatic rings. The van der Waals surface area contributed by atoms with Crippen molar-refractivity contribution in [3.8, 4) is 0 Å². The number of aliphatic hydroxyl groups excluding tert-OH is 1. The molecule has 0 aromatic rings. The normalized spacial score (nSPS) is 22.4. The highest BCUT2D eigenvalue weighted by molar-refractivity contribution is 5.80. The van der Waals surface area contributed by atoms with Crippen molar-refractivity contribution in [2.75, 3.05) is 19.6 Å². The Kier molecular flexibility index (Phi) is 8.16. The maximum atomic E-state index is 11.5. The first kappa shape index (κ1) is 19.5. The van der Waals surface area contributed by atoms with Gasteiger partial charge in [0.05, 0.1) is 12.6 Å². The van der Waals surface area contributed by atoms with Crippen LogP contribution in [0.1, 0.15) is 53.4 Å². The van der Waals surface area contributed by atoms with Gasteiger partial charge in [-0.15, -0.1) is 0 Å². The third kappa shape index (κ3) is 9.28. The van der Waals surface area contributed by atoms with Crippen molar-refractivity contribution in [1.82, 2.24) is 16.0 Å². The van der Waals surface area contributed by atoms with Crippen molar-refractivity contribution >= 4 is 12.1 Å². The van der Waals surface area contributed by atoms with Crippen LogP contribution in [-0.2, 0) is 4.74 Å². The van der Waals surface area contributed by atoms with Crippen LogP contribution < -0.4 is 16.0 Å². The molecule has 4 N–H and O–H groups in total. The molecule has 0 unspecified atom stereocenters. The van der Waals surface area contributed by atoms with E-state index in [9.17, 15) is 9.90 Å². The molecule has 0 saturated heterocycles. The molecule has 1 rings (SSSR count).